The second kappa shape index (κ2) is 5.36. The third-order valence-electron chi connectivity index (χ3n) is 3.39. The van der Waals surface area contributed by atoms with E-state index in [-0.39, 0.29) is 17.6 Å². The molecule has 0 radical (unpaired) electrons. The number of hydrogen-bond donors (Lipinski definition) is 1. The van der Waals surface area contributed by atoms with Gasteiger partial charge in [0.1, 0.15) is 0 Å². The molecule has 0 aromatic heterocycles. The molecule has 0 spiro atoms. The smallest absolute Gasteiger partial charge is 0.273 e. The van der Waals surface area contributed by atoms with Gasteiger partial charge in [0.25, 0.3) is 11.6 Å². The van der Waals surface area contributed by atoms with Crippen molar-refractivity contribution >= 4 is 11.6 Å². The standard InChI is InChI=1S/C13H17N3O3/c1-9-8-15(7-6-14-9)13(17)11-4-3-5-12(10(11)2)16(18)19/h3-5,9,14H,6-8H2,1-2H3/t9-/m1/s1. The first-order valence-electron chi connectivity index (χ1n) is 6.27. The van der Waals surface area contributed by atoms with Crippen LogP contribution >= 0.6 is 0 Å². The van der Waals surface area contributed by atoms with Crippen molar-refractivity contribution in [3.05, 3.63) is 39.4 Å². The number of piperazine rings is 1. The van der Waals surface area contributed by atoms with Crippen molar-refractivity contribution in [2.75, 3.05) is 19.6 Å². The van der Waals surface area contributed by atoms with Crippen LogP contribution in [0.15, 0.2) is 18.2 Å². The maximum Gasteiger partial charge on any atom is 0.273 e. The van der Waals surface area contributed by atoms with Crippen LogP contribution in [-0.2, 0) is 0 Å². The topological polar surface area (TPSA) is 75.5 Å². The summed E-state index contributed by atoms with van der Waals surface area (Å²) in [6, 6.07) is 4.88. The van der Waals surface area contributed by atoms with E-state index in [1.807, 2.05) is 6.92 Å². The summed E-state index contributed by atoms with van der Waals surface area (Å²) in [5, 5.41) is 14.2. The molecule has 6 nitrogen and oxygen atoms in total. The number of benzene rings is 1. The molecule has 1 aliphatic rings. The molecule has 0 unspecified atom stereocenters. The van der Waals surface area contributed by atoms with E-state index in [2.05, 4.69) is 5.32 Å². The highest BCUT2D eigenvalue weighted by molar-refractivity contribution is 5.96. The van der Waals surface area contributed by atoms with E-state index in [9.17, 15) is 14.9 Å². The van der Waals surface area contributed by atoms with E-state index in [1.165, 1.54) is 6.07 Å². The minimum Gasteiger partial charge on any atom is -0.336 e. The van der Waals surface area contributed by atoms with Crippen molar-refractivity contribution in [3.8, 4) is 0 Å². The van der Waals surface area contributed by atoms with E-state index in [0.29, 0.717) is 24.2 Å². The molecule has 19 heavy (non-hydrogen) atoms. The van der Waals surface area contributed by atoms with E-state index < -0.39 is 4.92 Å². The van der Waals surface area contributed by atoms with Gasteiger partial charge in [-0.15, -0.1) is 0 Å². The Morgan fingerprint density at radius 3 is 2.89 bits per heavy atom. The van der Waals surface area contributed by atoms with Gasteiger partial charge >= 0.3 is 0 Å². The number of nitrogens with zero attached hydrogens (tertiary/aromatic N) is 2. The van der Waals surface area contributed by atoms with Crippen molar-refractivity contribution in [2.45, 2.75) is 19.9 Å². The van der Waals surface area contributed by atoms with Gasteiger partial charge in [-0.2, -0.15) is 0 Å². The van der Waals surface area contributed by atoms with E-state index >= 15 is 0 Å². The largest absolute Gasteiger partial charge is 0.336 e. The van der Waals surface area contributed by atoms with Crippen molar-refractivity contribution in [3.63, 3.8) is 0 Å². The molecule has 1 atom stereocenters. The number of carbonyl (C=O) groups is 1. The van der Waals surface area contributed by atoms with E-state index in [4.69, 9.17) is 0 Å². The molecular formula is C13H17N3O3. The zero-order valence-electron chi connectivity index (χ0n) is 11.0. The first-order chi connectivity index (χ1) is 9.00. The van der Waals surface area contributed by atoms with E-state index in [0.717, 1.165) is 6.54 Å². The summed E-state index contributed by atoms with van der Waals surface area (Å²) >= 11 is 0. The van der Waals surface area contributed by atoms with Gasteiger partial charge in [0.2, 0.25) is 0 Å². The van der Waals surface area contributed by atoms with Crippen LogP contribution in [-0.4, -0.2) is 41.4 Å². The highest BCUT2D eigenvalue weighted by atomic mass is 16.6. The zero-order chi connectivity index (χ0) is 14.0. The SMILES string of the molecule is Cc1c(C(=O)N2CCN[C@H](C)C2)cccc1[N+](=O)[O-]. The number of nitro benzene ring substituents is 1. The first kappa shape index (κ1) is 13.5. The average molecular weight is 263 g/mol. The van der Waals surface area contributed by atoms with Gasteiger partial charge in [0.15, 0.2) is 0 Å². The maximum absolute atomic E-state index is 12.4. The number of nitrogens with one attached hydrogen (secondary N) is 1. The summed E-state index contributed by atoms with van der Waals surface area (Å²) in [4.78, 5) is 24.6. The Labute approximate surface area is 111 Å². The zero-order valence-corrected chi connectivity index (χ0v) is 11.0. The lowest BCUT2D eigenvalue weighted by molar-refractivity contribution is -0.385. The van der Waals surface area contributed by atoms with Crippen molar-refractivity contribution in [2.24, 2.45) is 0 Å². The fraction of sp³-hybridized carbons (Fsp3) is 0.462. The molecule has 1 saturated heterocycles. The third kappa shape index (κ3) is 2.73. The third-order valence-corrected chi connectivity index (χ3v) is 3.39. The lowest BCUT2D eigenvalue weighted by Gasteiger charge is -2.32. The van der Waals surface area contributed by atoms with Gasteiger partial charge in [0.05, 0.1) is 4.92 Å². The minimum absolute atomic E-state index is 0.00553. The van der Waals surface area contributed by atoms with Gasteiger partial charge in [-0.05, 0) is 19.9 Å². The van der Waals surface area contributed by atoms with Crippen molar-refractivity contribution < 1.29 is 9.72 Å². The van der Waals surface area contributed by atoms with Crippen molar-refractivity contribution in [1.82, 2.24) is 10.2 Å². The molecule has 1 aromatic carbocycles. The van der Waals surface area contributed by atoms with E-state index in [1.54, 1.807) is 24.0 Å². The molecule has 1 amide bonds. The van der Waals surface area contributed by atoms with Gasteiger partial charge < -0.3 is 10.2 Å². The van der Waals surface area contributed by atoms with Crippen LogP contribution in [0.3, 0.4) is 0 Å². The second-order valence-corrected chi connectivity index (χ2v) is 4.81. The van der Waals surface area contributed by atoms with Crippen LogP contribution in [0.4, 0.5) is 5.69 Å². The van der Waals surface area contributed by atoms with Gasteiger partial charge in [-0.1, -0.05) is 6.07 Å². The number of amides is 1. The Morgan fingerprint density at radius 1 is 1.53 bits per heavy atom. The number of nitro groups is 1. The van der Waals surface area contributed by atoms with Crippen LogP contribution in [0, 0.1) is 17.0 Å². The molecule has 0 saturated carbocycles. The highest BCUT2D eigenvalue weighted by Crippen LogP contribution is 2.22. The number of carbonyl (C=O) groups excluding carboxylic acids is 1. The Morgan fingerprint density at radius 2 is 2.26 bits per heavy atom. The highest BCUT2D eigenvalue weighted by Gasteiger charge is 2.25. The average Bonchev–Trinajstić information content (AvgIpc) is 2.38. The monoisotopic (exact) mass is 263 g/mol. The van der Waals surface area contributed by atoms with Crippen LogP contribution in [0.25, 0.3) is 0 Å². The Bertz CT molecular complexity index is 516. The predicted octanol–water partition coefficient (Wildman–Crippen LogP) is 1.34. The Balaban J connectivity index is 2.28. The first-order valence-corrected chi connectivity index (χ1v) is 6.27. The van der Waals surface area contributed by atoms with Crippen LogP contribution in [0.1, 0.15) is 22.8 Å². The minimum atomic E-state index is -0.452. The molecule has 102 valence electrons. The molecular weight excluding hydrogens is 246 g/mol. The molecule has 2 rings (SSSR count). The predicted molar refractivity (Wildman–Crippen MR) is 71.2 cm³/mol. The Kier molecular flexibility index (Phi) is 3.80. The maximum atomic E-state index is 12.4. The molecule has 0 aliphatic carbocycles. The molecule has 1 heterocycles. The summed E-state index contributed by atoms with van der Waals surface area (Å²) in [6.45, 7) is 5.64. The molecule has 0 bridgehead atoms. The molecule has 6 heteroatoms. The summed E-state index contributed by atoms with van der Waals surface area (Å²) in [7, 11) is 0. The summed E-state index contributed by atoms with van der Waals surface area (Å²) in [6.07, 6.45) is 0. The molecule has 1 aromatic rings. The van der Waals surface area contributed by atoms with Gasteiger partial charge in [0, 0.05) is 42.9 Å². The lowest BCUT2D eigenvalue weighted by Crippen LogP contribution is -2.51. The summed E-state index contributed by atoms with van der Waals surface area (Å²) in [5.41, 5.74) is 0.848. The Hall–Kier alpha value is -1.95. The van der Waals surface area contributed by atoms with Crippen molar-refractivity contribution in [1.29, 1.82) is 0 Å². The number of rotatable bonds is 2. The fourth-order valence-electron chi connectivity index (χ4n) is 2.34. The normalized spacial score (nSPS) is 19.3. The van der Waals surface area contributed by atoms with Crippen LogP contribution in [0.2, 0.25) is 0 Å². The van der Waals surface area contributed by atoms with Crippen LogP contribution in [0.5, 0.6) is 0 Å². The van der Waals surface area contributed by atoms with Crippen LogP contribution < -0.4 is 5.32 Å². The summed E-state index contributed by atoms with van der Waals surface area (Å²) in [5.74, 6) is -0.130. The number of hydrogen-bond acceptors (Lipinski definition) is 4. The van der Waals surface area contributed by atoms with Gasteiger partial charge in [-0.25, -0.2) is 0 Å². The molecule has 1 aliphatic heterocycles. The molecule has 1 N–H and O–H groups in total. The second-order valence-electron chi connectivity index (χ2n) is 4.81. The quantitative estimate of drug-likeness (QED) is 0.645. The molecule has 1 fully saturated rings. The fourth-order valence-corrected chi connectivity index (χ4v) is 2.34. The lowest BCUT2D eigenvalue weighted by atomic mass is 10.0. The summed E-state index contributed by atoms with van der Waals surface area (Å²) < 4.78 is 0. The van der Waals surface area contributed by atoms with Gasteiger partial charge in [-0.3, -0.25) is 14.9 Å².